The summed E-state index contributed by atoms with van der Waals surface area (Å²) in [5.41, 5.74) is 3.54. The molecule has 1 fully saturated rings. The molecule has 8 heteroatoms. The first-order valence-corrected chi connectivity index (χ1v) is 9.53. The van der Waals surface area contributed by atoms with Crippen molar-refractivity contribution in [2.75, 3.05) is 26.3 Å². The fraction of sp³-hybridized carbons (Fsp3) is 0.263. The molecule has 140 valence electrons. The van der Waals surface area contributed by atoms with Gasteiger partial charge in [-0.25, -0.2) is 5.01 Å². The van der Waals surface area contributed by atoms with E-state index in [1.54, 1.807) is 16.5 Å². The second-order valence-corrected chi connectivity index (χ2v) is 7.19. The van der Waals surface area contributed by atoms with Crippen LogP contribution in [0.5, 0.6) is 5.75 Å². The fourth-order valence-corrected chi connectivity index (χ4v) is 4.00. The SMILES string of the molecule is O=C(NN1CCOCC1)c1c(O)c2sccc2n(Cc2ccccc2)c1=O. The maximum absolute atomic E-state index is 13.1. The highest BCUT2D eigenvalue weighted by molar-refractivity contribution is 7.17. The fourth-order valence-electron chi connectivity index (χ4n) is 3.15. The third-order valence-corrected chi connectivity index (χ3v) is 5.44. The average molecular weight is 385 g/mol. The summed E-state index contributed by atoms with van der Waals surface area (Å²) in [7, 11) is 0. The van der Waals surface area contributed by atoms with E-state index < -0.39 is 11.5 Å². The molecule has 0 spiro atoms. The van der Waals surface area contributed by atoms with Crippen LogP contribution in [0.2, 0.25) is 0 Å². The van der Waals surface area contributed by atoms with Gasteiger partial charge in [0, 0.05) is 13.1 Å². The van der Waals surface area contributed by atoms with Gasteiger partial charge in [0.15, 0.2) is 5.75 Å². The third-order valence-electron chi connectivity index (χ3n) is 4.53. The van der Waals surface area contributed by atoms with E-state index in [9.17, 15) is 14.7 Å². The first-order chi connectivity index (χ1) is 13.1. The largest absolute Gasteiger partial charge is 0.505 e. The summed E-state index contributed by atoms with van der Waals surface area (Å²) in [6, 6.07) is 11.3. The summed E-state index contributed by atoms with van der Waals surface area (Å²) in [5.74, 6) is -0.864. The third kappa shape index (κ3) is 3.46. The molecule has 0 aliphatic carbocycles. The van der Waals surface area contributed by atoms with Crippen molar-refractivity contribution in [1.82, 2.24) is 15.0 Å². The van der Waals surface area contributed by atoms with Gasteiger partial charge in [0.25, 0.3) is 11.5 Å². The van der Waals surface area contributed by atoms with E-state index in [2.05, 4.69) is 5.43 Å². The van der Waals surface area contributed by atoms with Crippen molar-refractivity contribution in [1.29, 1.82) is 0 Å². The molecule has 0 bridgehead atoms. The molecule has 3 aromatic rings. The maximum atomic E-state index is 13.1. The maximum Gasteiger partial charge on any atom is 0.275 e. The Hall–Kier alpha value is -2.68. The van der Waals surface area contributed by atoms with Crippen LogP contribution in [0.25, 0.3) is 10.2 Å². The number of benzene rings is 1. The number of nitrogens with zero attached hydrogens (tertiary/aromatic N) is 2. The normalized spacial score (nSPS) is 15.1. The van der Waals surface area contributed by atoms with Crippen molar-refractivity contribution in [3.8, 4) is 5.75 Å². The van der Waals surface area contributed by atoms with E-state index in [1.807, 2.05) is 30.3 Å². The molecule has 4 rings (SSSR count). The summed E-state index contributed by atoms with van der Waals surface area (Å²) in [4.78, 5) is 25.9. The molecule has 0 saturated carbocycles. The van der Waals surface area contributed by atoms with E-state index in [-0.39, 0.29) is 11.3 Å². The van der Waals surface area contributed by atoms with Gasteiger partial charge in [0.1, 0.15) is 5.56 Å². The predicted molar refractivity (Wildman–Crippen MR) is 103 cm³/mol. The van der Waals surface area contributed by atoms with Crippen molar-refractivity contribution >= 4 is 27.5 Å². The molecule has 0 atom stereocenters. The van der Waals surface area contributed by atoms with Gasteiger partial charge in [-0.2, -0.15) is 0 Å². The predicted octanol–water partition coefficient (Wildman–Crippen LogP) is 1.79. The van der Waals surface area contributed by atoms with Crippen LogP contribution in [-0.4, -0.2) is 46.9 Å². The van der Waals surface area contributed by atoms with Gasteiger partial charge in [0.2, 0.25) is 0 Å². The summed E-state index contributed by atoms with van der Waals surface area (Å²) < 4.78 is 7.32. The first-order valence-electron chi connectivity index (χ1n) is 8.65. The van der Waals surface area contributed by atoms with Crippen LogP contribution in [0.4, 0.5) is 0 Å². The lowest BCUT2D eigenvalue weighted by atomic mass is 10.2. The number of morpholine rings is 1. The number of amides is 1. The lowest BCUT2D eigenvalue weighted by molar-refractivity contribution is 0.0125. The summed E-state index contributed by atoms with van der Waals surface area (Å²) >= 11 is 1.30. The lowest BCUT2D eigenvalue weighted by Crippen LogP contribution is -2.49. The van der Waals surface area contributed by atoms with Crippen LogP contribution < -0.4 is 11.0 Å². The zero-order valence-corrected chi connectivity index (χ0v) is 15.4. The standard InChI is InChI=1S/C19H19N3O4S/c23-16-15(18(24)20-21-7-9-26-10-8-21)19(25)22(14-6-11-27-17(14)16)12-13-4-2-1-3-5-13/h1-6,11,23H,7-10,12H2,(H,20,24). The monoisotopic (exact) mass is 385 g/mol. The number of aromatic nitrogens is 1. The highest BCUT2D eigenvalue weighted by Crippen LogP contribution is 2.31. The van der Waals surface area contributed by atoms with Gasteiger partial charge >= 0.3 is 0 Å². The van der Waals surface area contributed by atoms with Gasteiger partial charge in [-0.15, -0.1) is 11.3 Å². The number of carbonyl (C=O) groups excluding carboxylic acids is 1. The van der Waals surface area contributed by atoms with Gasteiger partial charge in [-0.1, -0.05) is 30.3 Å². The van der Waals surface area contributed by atoms with E-state index in [0.29, 0.717) is 43.1 Å². The number of pyridine rings is 1. The van der Waals surface area contributed by atoms with E-state index >= 15 is 0 Å². The van der Waals surface area contributed by atoms with Gasteiger partial charge in [-0.05, 0) is 17.0 Å². The molecule has 1 saturated heterocycles. The Labute approximate surface area is 159 Å². The number of ether oxygens (including phenoxy) is 1. The molecule has 1 aromatic carbocycles. The molecule has 7 nitrogen and oxygen atoms in total. The summed E-state index contributed by atoms with van der Waals surface area (Å²) in [6.07, 6.45) is 0. The number of hydrazine groups is 1. The van der Waals surface area contributed by atoms with Crippen LogP contribution in [0.1, 0.15) is 15.9 Å². The number of rotatable bonds is 4. The molecular formula is C19H19N3O4S. The molecule has 2 N–H and O–H groups in total. The number of fused-ring (bicyclic) bond motifs is 1. The van der Waals surface area contributed by atoms with Crippen molar-refractivity contribution < 1.29 is 14.6 Å². The Morgan fingerprint density at radius 2 is 1.93 bits per heavy atom. The molecule has 2 aromatic heterocycles. The molecule has 27 heavy (non-hydrogen) atoms. The van der Waals surface area contributed by atoms with Crippen molar-refractivity contribution in [3.63, 3.8) is 0 Å². The molecule has 0 radical (unpaired) electrons. The minimum Gasteiger partial charge on any atom is -0.505 e. The molecule has 1 aliphatic heterocycles. The molecule has 3 heterocycles. The van der Waals surface area contributed by atoms with E-state index in [1.165, 1.54) is 15.9 Å². The zero-order valence-electron chi connectivity index (χ0n) is 14.6. The van der Waals surface area contributed by atoms with Crippen molar-refractivity contribution in [2.45, 2.75) is 6.54 Å². The van der Waals surface area contributed by atoms with Gasteiger partial charge < -0.3 is 14.4 Å². The van der Waals surface area contributed by atoms with Crippen LogP contribution in [-0.2, 0) is 11.3 Å². The Balaban J connectivity index is 1.76. The quantitative estimate of drug-likeness (QED) is 0.715. The van der Waals surface area contributed by atoms with Crippen LogP contribution >= 0.6 is 11.3 Å². The van der Waals surface area contributed by atoms with Gasteiger partial charge in [0.05, 0.1) is 30.0 Å². The molecule has 1 amide bonds. The van der Waals surface area contributed by atoms with Crippen LogP contribution in [0.3, 0.4) is 0 Å². The van der Waals surface area contributed by atoms with Crippen LogP contribution in [0.15, 0.2) is 46.6 Å². The van der Waals surface area contributed by atoms with Crippen molar-refractivity contribution in [3.05, 3.63) is 63.3 Å². The van der Waals surface area contributed by atoms with Gasteiger partial charge in [-0.3, -0.25) is 15.0 Å². The molecular weight excluding hydrogens is 366 g/mol. The number of hydrogen-bond acceptors (Lipinski definition) is 6. The molecule has 1 aliphatic rings. The Morgan fingerprint density at radius 1 is 1.19 bits per heavy atom. The zero-order chi connectivity index (χ0) is 18.8. The second kappa shape index (κ2) is 7.51. The summed E-state index contributed by atoms with van der Waals surface area (Å²) in [6.45, 7) is 2.41. The number of aromatic hydroxyl groups is 1. The summed E-state index contributed by atoms with van der Waals surface area (Å²) in [5, 5.41) is 14.1. The number of hydrogen-bond donors (Lipinski definition) is 2. The Morgan fingerprint density at radius 3 is 2.67 bits per heavy atom. The Bertz CT molecular complexity index is 1020. The smallest absolute Gasteiger partial charge is 0.275 e. The van der Waals surface area contributed by atoms with E-state index in [0.717, 1.165) is 5.56 Å². The average Bonchev–Trinajstić information content (AvgIpc) is 3.17. The highest BCUT2D eigenvalue weighted by atomic mass is 32.1. The topological polar surface area (TPSA) is 83.8 Å². The number of nitrogens with one attached hydrogen (secondary N) is 1. The number of thiophene rings is 1. The highest BCUT2D eigenvalue weighted by Gasteiger charge is 2.25. The minimum atomic E-state index is -0.600. The molecule has 0 unspecified atom stereocenters. The number of carbonyl (C=O) groups is 1. The van der Waals surface area contributed by atoms with Crippen molar-refractivity contribution in [2.24, 2.45) is 0 Å². The first kappa shape index (κ1) is 17.7. The van der Waals surface area contributed by atoms with E-state index in [4.69, 9.17) is 4.74 Å². The van der Waals surface area contributed by atoms with Crippen LogP contribution in [0, 0.1) is 0 Å². The second-order valence-electron chi connectivity index (χ2n) is 6.28. The Kier molecular flexibility index (Phi) is 4.93. The lowest BCUT2D eigenvalue weighted by Gasteiger charge is -2.27. The minimum absolute atomic E-state index is 0.229.